The van der Waals surface area contributed by atoms with E-state index in [4.69, 9.17) is 5.48 Å². The van der Waals surface area contributed by atoms with Gasteiger partial charge in [-0.1, -0.05) is 18.2 Å². The Morgan fingerprint density at radius 2 is 1.89 bits per heavy atom. The third-order valence-corrected chi connectivity index (χ3v) is 3.47. The molecule has 0 unspecified atom stereocenters. The van der Waals surface area contributed by atoms with E-state index in [1.165, 1.54) is 0 Å². The Hall–Kier alpha value is -1.63. The second-order valence-corrected chi connectivity index (χ2v) is 4.73. The molecule has 0 fully saturated rings. The maximum absolute atomic E-state index is 8.43. The molecule has 18 heavy (non-hydrogen) atoms. The highest BCUT2D eigenvalue weighted by molar-refractivity contribution is 5.65. The zero-order valence-corrected chi connectivity index (χ0v) is 10.8. The summed E-state index contributed by atoms with van der Waals surface area (Å²) in [7, 11) is 1.89. The lowest BCUT2D eigenvalue weighted by molar-refractivity contribution is -0.660. The van der Waals surface area contributed by atoms with Crippen LogP contribution in [0.5, 0.6) is 0 Å². The quantitative estimate of drug-likeness (QED) is 0.675. The third-order valence-electron chi connectivity index (χ3n) is 3.47. The fourth-order valence-electron chi connectivity index (χ4n) is 2.52. The van der Waals surface area contributed by atoms with Crippen LogP contribution < -0.4 is 4.57 Å². The van der Waals surface area contributed by atoms with Gasteiger partial charge in [-0.3, -0.25) is 0 Å². The molecule has 1 nitrogen and oxygen atoms in total. The van der Waals surface area contributed by atoms with Gasteiger partial charge in [0.15, 0.2) is 6.20 Å². The van der Waals surface area contributed by atoms with Crippen molar-refractivity contribution in [1.29, 1.82) is 0 Å². The van der Waals surface area contributed by atoms with E-state index in [9.17, 15) is 0 Å². The van der Waals surface area contributed by atoms with E-state index in [1.807, 2.05) is 49.0 Å². The zero-order chi connectivity index (χ0) is 16.1. The first kappa shape index (κ1) is 7.73. The molecule has 0 atom stereocenters. The van der Waals surface area contributed by atoms with Crippen LogP contribution in [0.1, 0.15) is 35.0 Å². The van der Waals surface area contributed by atoms with Gasteiger partial charge in [0.05, 0.1) is 0 Å². The standard InChI is InChI=1S/C17H20N/c1-13-7-3-5-9-15(13)17-16-10-6-4-8-14(16)11-12-18(17)2/h3,5,7,9,11-12H,4,6,8,10H2,1-2H3/q+1/i8D2,10D2. The fourth-order valence-corrected chi connectivity index (χ4v) is 2.52. The van der Waals surface area contributed by atoms with E-state index in [2.05, 4.69) is 0 Å². The molecule has 0 bridgehead atoms. The molecule has 0 saturated carbocycles. The molecule has 2 aromatic rings. The van der Waals surface area contributed by atoms with Crippen LogP contribution in [0.25, 0.3) is 11.3 Å². The van der Waals surface area contributed by atoms with Crippen molar-refractivity contribution < 1.29 is 10.1 Å². The number of aromatic nitrogens is 1. The lowest BCUT2D eigenvalue weighted by Crippen LogP contribution is -2.33. The van der Waals surface area contributed by atoms with Crippen LogP contribution in [0.15, 0.2) is 36.5 Å². The normalized spacial score (nSPS) is 23.2. The van der Waals surface area contributed by atoms with Crippen LogP contribution in [0, 0.1) is 6.92 Å². The molecule has 1 aliphatic rings. The summed E-state index contributed by atoms with van der Waals surface area (Å²) < 4.78 is 35.3. The Kier molecular flexibility index (Phi) is 1.96. The molecule has 0 saturated heterocycles. The van der Waals surface area contributed by atoms with Gasteiger partial charge in [0, 0.05) is 22.7 Å². The monoisotopic (exact) mass is 242 g/mol. The first-order valence-corrected chi connectivity index (χ1v) is 6.34. The molecule has 1 aromatic heterocycles. The summed E-state index contributed by atoms with van der Waals surface area (Å²) in [5.41, 5.74) is 3.80. The van der Waals surface area contributed by atoms with Gasteiger partial charge in [0.1, 0.15) is 7.05 Å². The summed E-state index contributed by atoms with van der Waals surface area (Å²) in [6, 6.07) is 9.61. The molecule has 1 heterocycles. The largest absolute Gasteiger partial charge is 0.216 e. The Morgan fingerprint density at radius 1 is 1.11 bits per heavy atom. The van der Waals surface area contributed by atoms with Crippen LogP contribution in [-0.2, 0) is 19.8 Å². The van der Waals surface area contributed by atoms with Gasteiger partial charge < -0.3 is 0 Å². The summed E-state index contributed by atoms with van der Waals surface area (Å²) in [6.07, 6.45) is -0.742. The maximum Gasteiger partial charge on any atom is 0.216 e. The van der Waals surface area contributed by atoms with Gasteiger partial charge in [-0.25, -0.2) is 4.57 Å². The van der Waals surface area contributed by atoms with Gasteiger partial charge >= 0.3 is 0 Å². The summed E-state index contributed by atoms with van der Waals surface area (Å²) in [6.45, 7) is 2.00. The Labute approximate surface area is 115 Å². The first-order valence-electron chi connectivity index (χ1n) is 8.34. The average Bonchev–Trinajstić information content (AvgIpc) is 2.45. The number of benzene rings is 1. The highest BCUT2D eigenvalue weighted by atomic mass is 14.9. The fraction of sp³-hybridized carbons (Fsp3) is 0.353. The molecule has 1 aromatic carbocycles. The number of pyridine rings is 1. The minimum atomic E-state index is -1.52. The SMILES string of the molecule is [2H]C1([2H])CCC([2H])([2H])c2c1cc[n+](C)c2-c1ccccc1C. The lowest BCUT2D eigenvalue weighted by atomic mass is 9.88. The topological polar surface area (TPSA) is 3.88 Å². The van der Waals surface area contributed by atoms with E-state index in [0.717, 1.165) is 16.8 Å². The smallest absolute Gasteiger partial charge is 0.201 e. The number of rotatable bonds is 1. The highest BCUT2D eigenvalue weighted by Gasteiger charge is 2.22. The molecule has 3 rings (SSSR count). The van der Waals surface area contributed by atoms with E-state index in [1.54, 1.807) is 6.07 Å². The van der Waals surface area contributed by atoms with Crippen LogP contribution in [0.3, 0.4) is 0 Å². The zero-order valence-electron chi connectivity index (χ0n) is 14.8. The van der Waals surface area contributed by atoms with E-state index in [-0.39, 0.29) is 12.8 Å². The highest BCUT2D eigenvalue weighted by Crippen LogP contribution is 2.30. The minimum Gasteiger partial charge on any atom is -0.201 e. The molecular weight excluding hydrogens is 218 g/mol. The molecule has 0 radical (unpaired) electrons. The van der Waals surface area contributed by atoms with E-state index < -0.39 is 12.7 Å². The van der Waals surface area contributed by atoms with E-state index >= 15 is 0 Å². The Bertz CT molecular complexity index is 737. The number of hydrogen-bond donors (Lipinski definition) is 0. The predicted octanol–water partition coefficient (Wildman–Crippen LogP) is 3.37. The predicted molar refractivity (Wildman–Crippen MR) is 74.4 cm³/mol. The molecule has 0 amide bonds. The van der Waals surface area contributed by atoms with Crippen molar-refractivity contribution in [3.05, 3.63) is 53.2 Å². The van der Waals surface area contributed by atoms with Gasteiger partial charge in [-0.15, -0.1) is 0 Å². The van der Waals surface area contributed by atoms with Crippen LogP contribution in [-0.4, -0.2) is 0 Å². The summed E-state index contributed by atoms with van der Waals surface area (Å²) in [4.78, 5) is 0. The van der Waals surface area contributed by atoms with Crippen molar-refractivity contribution in [3.63, 3.8) is 0 Å². The first-order chi connectivity index (χ1) is 10.2. The maximum atomic E-state index is 8.43. The summed E-state index contributed by atoms with van der Waals surface area (Å²) in [5.74, 6) is 0. The number of aryl methyl sites for hydroxylation is 3. The molecular formula is C17H20N+. The van der Waals surface area contributed by atoms with Crippen LogP contribution in [0.4, 0.5) is 0 Å². The molecule has 92 valence electrons. The van der Waals surface area contributed by atoms with Gasteiger partial charge in [0.25, 0.3) is 0 Å². The van der Waals surface area contributed by atoms with E-state index in [0.29, 0.717) is 11.1 Å². The third kappa shape index (κ3) is 1.84. The van der Waals surface area contributed by atoms with Gasteiger partial charge in [-0.05, 0) is 49.7 Å². The van der Waals surface area contributed by atoms with Crippen molar-refractivity contribution >= 4 is 0 Å². The van der Waals surface area contributed by atoms with Crippen molar-refractivity contribution in [2.45, 2.75) is 32.5 Å². The van der Waals surface area contributed by atoms with Crippen molar-refractivity contribution in [2.24, 2.45) is 7.05 Å². The molecule has 1 heteroatoms. The summed E-state index contributed by atoms with van der Waals surface area (Å²) in [5, 5.41) is 0. The average molecular weight is 242 g/mol. The molecule has 0 spiro atoms. The number of hydrogen-bond acceptors (Lipinski definition) is 0. The van der Waals surface area contributed by atoms with Gasteiger partial charge in [0.2, 0.25) is 5.69 Å². The lowest BCUT2D eigenvalue weighted by Gasteiger charge is -2.17. The van der Waals surface area contributed by atoms with Crippen LogP contribution >= 0.6 is 0 Å². The minimum absolute atomic E-state index is 0.204. The Morgan fingerprint density at radius 3 is 2.72 bits per heavy atom. The second kappa shape index (κ2) is 4.56. The Balaban J connectivity index is 2.40. The summed E-state index contributed by atoms with van der Waals surface area (Å²) >= 11 is 0. The van der Waals surface area contributed by atoms with Crippen molar-refractivity contribution in [2.75, 3.05) is 0 Å². The van der Waals surface area contributed by atoms with Crippen LogP contribution in [0.2, 0.25) is 0 Å². The second-order valence-electron chi connectivity index (χ2n) is 4.73. The number of fused-ring (bicyclic) bond motifs is 1. The molecule has 0 aliphatic heterocycles. The molecule has 0 N–H and O–H groups in total. The number of nitrogens with zero attached hydrogens (tertiary/aromatic N) is 1. The van der Waals surface area contributed by atoms with Crippen molar-refractivity contribution in [3.8, 4) is 11.3 Å². The van der Waals surface area contributed by atoms with Crippen molar-refractivity contribution in [1.82, 2.24) is 0 Å². The van der Waals surface area contributed by atoms with Gasteiger partial charge in [-0.2, -0.15) is 0 Å². The molecule has 1 aliphatic carbocycles.